The Kier molecular flexibility index (Phi) is 5.95. The lowest BCUT2D eigenvalue weighted by atomic mass is 10.1. The van der Waals surface area contributed by atoms with Crippen molar-refractivity contribution >= 4 is 22.4 Å². The van der Waals surface area contributed by atoms with E-state index < -0.39 is 0 Å². The van der Waals surface area contributed by atoms with Crippen LogP contribution in [0.3, 0.4) is 0 Å². The van der Waals surface area contributed by atoms with Gasteiger partial charge in [0, 0.05) is 11.1 Å². The Morgan fingerprint density at radius 2 is 1.21 bits per heavy atom. The second kappa shape index (κ2) is 9.51. The second-order valence-corrected chi connectivity index (χ2v) is 8.32. The van der Waals surface area contributed by atoms with Crippen molar-refractivity contribution in [1.82, 2.24) is 4.98 Å². The maximum absolute atomic E-state index is 12.9. The van der Waals surface area contributed by atoms with Crippen LogP contribution in [0, 0.1) is 0 Å². The largest absolute Gasteiger partial charge is 0.457 e. The van der Waals surface area contributed by atoms with Gasteiger partial charge >= 0.3 is 0 Å². The zero-order valence-corrected chi connectivity index (χ0v) is 18.5. The predicted octanol–water partition coefficient (Wildman–Crippen LogP) is 7.52. The lowest BCUT2D eigenvalue weighted by Gasteiger charge is -2.06. The minimum absolute atomic E-state index is 0.214. The third kappa shape index (κ3) is 4.84. The minimum Gasteiger partial charge on any atom is -0.457 e. The van der Waals surface area contributed by atoms with Crippen molar-refractivity contribution in [2.75, 3.05) is 5.32 Å². The summed E-state index contributed by atoms with van der Waals surface area (Å²) in [5.74, 6) is 1.21. The standard InChI is InChI=1S/C28H20N2O2S/c31-27(22-16-18-24(19-17-22)32-23-14-8-3-9-15-23)30-28-29-25(20-10-4-1-5-11-20)26(33-28)21-12-6-2-7-13-21/h1-19H,(H,29,30,31). The molecule has 1 aromatic heterocycles. The Morgan fingerprint density at radius 3 is 1.85 bits per heavy atom. The average molecular weight is 449 g/mol. The molecule has 5 heteroatoms. The summed E-state index contributed by atoms with van der Waals surface area (Å²) in [6.07, 6.45) is 0. The van der Waals surface area contributed by atoms with E-state index in [0.29, 0.717) is 16.4 Å². The van der Waals surface area contributed by atoms with E-state index in [0.717, 1.165) is 27.4 Å². The predicted molar refractivity (Wildman–Crippen MR) is 134 cm³/mol. The summed E-state index contributed by atoms with van der Waals surface area (Å²) >= 11 is 1.47. The van der Waals surface area contributed by atoms with Crippen LogP contribution in [-0.2, 0) is 0 Å². The smallest absolute Gasteiger partial charge is 0.257 e. The van der Waals surface area contributed by atoms with Gasteiger partial charge in [0.1, 0.15) is 11.5 Å². The molecule has 160 valence electrons. The number of benzene rings is 4. The van der Waals surface area contributed by atoms with E-state index in [2.05, 4.69) is 17.4 Å². The Labute approximate surface area is 196 Å². The van der Waals surface area contributed by atoms with Crippen molar-refractivity contribution in [2.24, 2.45) is 0 Å². The quantitative estimate of drug-likeness (QED) is 0.292. The molecular formula is C28H20N2O2S. The number of rotatable bonds is 6. The van der Waals surface area contributed by atoms with Gasteiger partial charge in [-0.25, -0.2) is 4.98 Å². The first-order valence-corrected chi connectivity index (χ1v) is 11.3. The lowest BCUT2D eigenvalue weighted by molar-refractivity contribution is 0.102. The number of hydrogen-bond donors (Lipinski definition) is 1. The summed E-state index contributed by atoms with van der Waals surface area (Å²) in [4.78, 5) is 18.7. The fraction of sp³-hybridized carbons (Fsp3) is 0. The SMILES string of the molecule is O=C(Nc1nc(-c2ccccc2)c(-c2ccccc2)s1)c1ccc(Oc2ccccc2)cc1. The van der Waals surface area contributed by atoms with Gasteiger partial charge in [-0.1, -0.05) is 90.2 Å². The summed E-state index contributed by atoms with van der Waals surface area (Å²) in [7, 11) is 0. The van der Waals surface area contributed by atoms with Crippen LogP contribution in [-0.4, -0.2) is 10.9 Å². The molecule has 0 saturated heterocycles. The molecule has 0 aliphatic heterocycles. The monoisotopic (exact) mass is 448 g/mol. The highest BCUT2D eigenvalue weighted by Gasteiger charge is 2.17. The lowest BCUT2D eigenvalue weighted by Crippen LogP contribution is -2.11. The summed E-state index contributed by atoms with van der Waals surface area (Å²) in [5.41, 5.74) is 3.47. The van der Waals surface area contributed by atoms with E-state index in [9.17, 15) is 4.79 Å². The highest BCUT2D eigenvalue weighted by atomic mass is 32.1. The average Bonchev–Trinajstić information content (AvgIpc) is 3.30. The normalized spacial score (nSPS) is 10.5. The number of anilines is 1. The van der Waals surface area contributed by atoms with Crippen LogP contribution < -0.4 is 10.1 Å². The molecule has 1 amide bonds. The van der Waals surface area contributed by atoms with Gasteiger partial charge in [-0.15, -0.1) is 0 Å². The number of aromatic nitrogens is 1. The number of hydrogen-bond acceptors (Lipinski definition) is 4. The first kappa shape index (κ1) is 20.7. The molecule has 4 nitrogen and oxygen atoms in total. The highest BCUT2D eigenvalue weighted by Crippen LogP contribution is 2.39. The molecule has 0 spiro atoms. The Hall–Kier alpha value is -4.22. The Balaban J connectivity index is 1.38. The number of nitrogens with zero attached hydrogens (tertiary/aromatic N) is 1. The van der Waals surface area contributed by atoms with Crippen LogP contribution in [0.25, 0.3) is 21.7 Å². The number of thiazole rings is 1. The molecule has 5 rings (SSSR count). The third-order valence-corrected chi connectivity index (χ3v) is 6.05. The van der Waals surface area contributed by atoms with Gasteiger partial charge in [0.15, 0.2) is 5.13 Å². The van der Waals surface area contributed by atoms with Crippen LogP contribution in [0.4, 0.5) is 5.13 Å². The van der Waals surface area contributed by atoms with Crippen molar-refractivity contribution in [3.63, 3.8) is 0 Å². The van der Waals surface area contributed by atoms with Crippen LogP contribution >= 0.6 is 11.3 Å². The zero-order valence-electron chi connectivity index (χ0n) is 17.6. The summed E-state index contributed by atoms with van der Waals surface area (Å²) in [5, 5.41) is 3.51. The molecule has 1 heterocycles. The number of amides is 1. The first-order chi connectivity index (χ1) is 16.3. The maximum atomic E-state index is 12.9. The van der Waals surface area contributed by atoms with Gasteiger partial charge in [-0.2, -0.15) is 0 Å². The van der Waals surface area contributed by atoms with Crippen LogP contribution in [0.2, 0.25) is 0 Å². The number of ether oxygens (including phenoxy) is 1. The van der Waals surface area contributed by atoms with E-state index in [1.807, 2.05) is 78.9 Å². The van der Waals surface area contributed by atoms with Gasteiger partial charge in [0.2, 0.25) is 0 Å². The van der Waals surface area contributed by atoms with Gasteiger partial charge in [0.25, 0.3) is 5.91 Å². The zero-order chi connectivity index (χ0) is 22.5. The Morgan fingerprint density at radius 1 is 0.667 bits per heavy atom. The van der Waals surface area contributed by atoms with Crippen LogP contribution in [0.5, 0.6) is 11.5 Å². The molecule has 33 heavy (non-hydrogen) atoms. The van der Waals surface area contributed by atoms with Crippen molar-refractivity contribution < 1.29 is 9.53 Å². The number of para-hydroxylation sites is 1. The van der Waals surface area contributed by atoms with Crippen LogP contribution in [0.1, 0.15) is 10.4 Å². The molecule has 0 bridgehead atoms. The van der Waals surface area contributed by atoms with Crippen molar-refractivity contribution in [3.8, 4) is 33.2 Å². The first-order valence-electron chi connectivity index (χ1n) is 10.5. The van der Waals surface area contributed by atoms with Gasteiger partial charge in [0.05, 0.1) is 10.6 Å². The highest BCUT2D eigenvalue weighted by molar-refractivity contribution is 7.19. The van der Waals surface area contributed by atoms with Gasteiger partial charge < -0.3 is 4.74 Å². The van der Waals surface area contributed by atoms with E-state index >= 15 is 0 Å². The third-order valence-electron chi connectivity index (χ3n) is 5.03. The molecule has 0 saturated carbocycles. The fourth-order valence-electron chi connectivity index (χ4n) is 3.42. The fourth-order valence-corrected chi connectivity index (χ4v) is 4.41. The maximum Gasteiger partial charge on any atom is 0.257 e. The topological polar surface area (TPSA) is 51.2 Å². The number of carbonyl (C=O) groups is 1. The molecule has 0 atom stereocenters. The van der Waals surface area contributed by atoms with Crippen molar-refractivity contribution in [2.45, 2.75) is 0 Å². The summed E-state index contributed by atoms with van der Waals surface area (Å²) in [6, 6.07) is 36.7. The van der Waals surface area contributed by atoms with Gasteiger partial charge in [-0.3, -0.25) is 10.1 Å². The van der Waals surface area contributed by atoms with E-state index in [4.69, 9.17) is 9.72 Å². The molecule has 0 unspecified atom stereocenters. The summed E-state index contributed by atoms with van der Waals surface area (Å²) in [6.45, 7) is 0. The second-order valence-electron chi connectivity index (χ2n) is 7.32. The number of carbonyl (C=O) groups excluding carboxylic acids is 1. The van der Waals surface area contributed by atoms with E-state index in [1.54, 1.807) is 24.3 Å². The van der Waals surface area contributed by atoms with Crippen molar-refractivity contribution in [3.05, 3.63) is 121 Å². The number of nitrogens with one attached hydrogen (secondary N) is 1. The Bertz CT molecular complexity index is 1290. The molecule has 4 aromatic carbocycles. The molecule has 0 aliphatic rings. The molecule has 0 radical (unpaired) electrons. The molecule has 0 fully saturated rings. The van der Waals surface area contributed by atoms with E-state index in [1.165, 1.54) is 11.3 Å². The van der Waals surface area contributed by atoms with Crippen LogP contribution in [0.15, 0.2) is 115 Å². The van der Waals surface area contributed by atoms with E-state index in [-0.39, 0.29) is 5.91 Å². The van der Waals surface area contributed by atoms with Gasteiger partial charge in [-0.05, 0) is 42.0 Å². The molecular weight excluding hydrogens is 428 g/mol. The minimum atomic E-state index is -0.214. The molecule has 5 aromatic rings. The molecule has 1 N–H and O–H groups in total. The molecule has 0 aliphatic carbocycles. The van der Waals surface area contributed by atoms with Crippen molar-refractivity contribution in [1.29, 1.82) is 0 Å². The summed E-state index contributed by atoms with van der Waals surface area (Å²) < 4.78 is 5.81.